The summed E-state index contributed by atoms with van der Waals surface area (Å²) < 4.78 is 2.32. The van der Waals surface area contributed by atoms with E-state index in [4.69, 9.17) is 9.97 Å². The molecule has 8 rings (SSSR count). The van der Waals surface area contributed by atoms with Gasteiger partial charge in [-0.15, -0.1) is 6.58 Å². The Labute approximate surface area is 294 Å². The minimum absolute atomic E-state index is 0.883. The quantitative estimate of drug-likeness (QED) is 0.161. The van der Waals surface area contributed by atoms with Crippen LogP contribution < -0.4 is 4.90 Å². The van der Waals surface area contributed by atoms with Crippen molar-refractivity contribution < 1.29 is 0 Å². The summed E-state index contributed by atoms with van der Waals surface area (Å²) in [6, 6.07) is 55.5. The highest BCUT2D eigenvalue weighted by Crippen LogP contribution is 2.38. The molecule has 0 aliphatic heterocycles. The van der Waals surface area contributed by atoms with Gasteiger partial charge in [0.05, 0.1) is 27.9 Å². The van der Waals surface area contributed by atoms with Gasteiger partial charge >= 0.3 is 0 Å². The van der Waals surface area contributed by atoms with Crippen LogP contribution in [0, 0.1) is 6.92 Å². The van der Waals surface area contributed by atoms with E-state index < -0.39 is 0 Å². The number of benzene rings is 6. The molecular weight excluding hydrogens is 609 g/mol. The molecule has 0 atom stereocenters. The van der Waals surface area contributed by atoms with Gasteiger partial charge in [-0.1, -0.05) is 104 Å². The van der Waals surface area contributed by atoms with Crippen LogP contribution >= 0.6 is 0 Å². The average Bonchev–Trinajstić information content (AvgIpc) is 3.51. The summed E-state index contributed by atoms with van der Waals surface area (Å²) in [5, 5.41) is 1.25. The van der Waals surface area contributed by atoms with Gasteiger partial charge in [0, 0.05) is 45.0 Å². The van der Waals surface area contributed by atoms with Crippen LogP contribution in [0.4, 0.5) is 17.1 Å². The maximum absolute atomic E-state index is 5.22. The Morgan fingerprint density at radius 1 is 0.620 bits per heavy atom. The van der Waals surface area contributed by atoms with Crippen LogP contribution in [-0.4, -0.2) is 14.5 Å². The van der Waals surface area contributed by atoms with Crippen LogP contribution in [0.25, 0.3) is 50.1 Å². The number of fused-ring (bicyclic) bond motifs is 2. The van der Waals surface area contributed by atoms with Crippen molar-refractivity contribution in [2.24, 2.45) is 0 Å². The normalized spacial score (nSPS) is 10.9. The number of aryl methyl sites for hydroxylation is 2. The molecule has 4 nitrogen and oxygen atoms in total. The lowest BCUT2D eigenvalue weighted by molar-refractivity contribution is 1.05. The van der Waals surface area contributed by atoms with Crippen LogP contribution in [0.5, 0.6) is 0 Å². The molecule has 6 aromatic carbocycles. The highest BCUT2D eigenvalue weighted by atomic mass is 15.1. The van der Waals surface area contributed by atoms with Crippen molar-refractivity contribution in [2.45, 2.75) is 27.2 Å². The van der Waals surface area contributed by atoms with Crippen LogP contribution in [-0.2, 0) is 6.42 Å². The lowest BCUT2D eigenvalue weighted by Crippen LogP contribution is -2.10. The predicted octanol–water partition coefficient (Wildman–Crippen LogP) is 12.4. The smallest absolute Gasteiger partial charge is 0.0973 e. The minimum atomic E-state index is 0.883. The van der Waals surface area contributed by atoms with Crippen molar-refractivity contribution in [2.75, 3.05) is 4.90 Å². The Morgan fingerprint density at radius 3 is 1.86 bits per heavy atom. The molecule has 2 aromatic heterocycles. The number of aromatic nitrogens is 3. The Hall–Kier alpha value is -6.26. The number of hydrogen-bond donors (Lipinski definition) is 0. The second kappa shape index (κ2) is 14.5. The van der Waals surface area contributed by atoms with Gasteiger partial charge in [-0.2, -0.15) is 0 Å². The summed E-state index contributed by atoms with van der Waals surface area (Å²) in [6.45, 7) is 9.58. The van der Waals surface area contributed by atoms with E-state index in [-0.39, 0.29) is 0 Å². The molecule has 0 unspecified atom stereocenters. The number of nitrogens with zero attached hydrogens (tertiary/aromatic N) is 4. The fourth-order valence-electron chi connectivity index (χ4n) is 6.60. The first-order chi connectivity index (χ1) is 24.6. The van der Waals surface area contributed by atoms with E-state index in [1.807, 2.05) is 13.0 Å². The van der Waals surface area contributed by atoms with Crippen molar-refractivity contribution in [3.63, 3.8) is 0 Å². The molecule has 0 aliphatic rings. The second-order valence-corrected chi connectivity index (χ2v) is 12.2. The SMILES string of the molecule is C=CC.CCc1cccc2nc(-c3ccc(N(c4ccccc4)c4ccc(-n5c(C)cc6ccccc65)cc4)cc3)c(-c3ccccc3)nc12. The van der Waals surface area contributed by atoms with E-state index in [0.717, 1.165) is 62.7 Å². The summed E-state index contributed by atoms with van der Waals surface area (Å²) >= 11 is 0. The summed E-state index contributed by atoms with van der Waals surface area (Å²) in [5.41, 5.74) is 13.8. The molecule has 4 heteroatoms. The Bertz CT molecular complexity index is 2370. The zero-order chi connectivity index (χ0) is 34.5. The first kappa shape index (κ1) is 32.3. The first-order valence-electron chi connectivity index (χ1n) is 17.1. The van der Waals surface area contributed by atoms with Gasteiger partial charge in [0.25, 0.3) is 0 Å². The van der Waals surface area contributed by atoms with Gasteiger partial charge in [-0.3, -0.25) is 0 Å². The molecular formula is C46H40N4. The topological polar surface area (TPSA) is 34.0 Å². The number of anilines is 3. The molecule has 0 saturated heterocycles. The zero-order valence-electron chi connectivity index (χ0n) is 28.8. The average molecular weight is 649 g/mol. The second-order valence-electron chi connectivity index (χ2n) is 12.2. The molecule has 0 spiro atoms. The summed E-state index contributed by atoms with van der Waals surface area (Å²) in [4.78, 5) is 12.7. The van der Waals surface area contributed by atoms with Gasteiger partial charge < -0.3 is 9.47 Å². The van der Waals surface area contributed by atoms with E-state index in [1.165, 1.54) is 22.2 Å². The number of rotatable bonds is 7. The lowest BCUT2D eigenvalue weighted by Gasteiger charge is -2.26. The van der Waals surface area contributed by atoms with Crippen LogP contribution in [0.2, 0.25) is 0 Å². The predicted molar refractivity (Wildman–Crippen MR) is 212 cm³/mol. The molecule has 0 bridgehead atoms. The maximum Gasteiger partial charge on any atom is 0.0973 e. The highest BCUT2D eigenvalue weighted by Gasteiger charge is 2.17. The van der Waals surface area contributed by atoms with E-state index in [0.29, 0.717) is 0 Å². The van der Waals surface area contributed by atoms with E-state index in [9.17, 15) is 0 Å². The maximum atomic E-state index is 5.22. The molecule has 0 N–H and O–H groups in total. The van der Waals surface area contributed by atoms with E-state index in [2.05, 4.69) is 182 Å². The third-order valence-electron chi connectivity index (χ3n) is 8.88. The fraction of sp³-hybridized carbons (Fsp3) is 0.0870. The van der Waals surface area contributed by atoms with Crippen molar-refractivity contribution in [1.29, 1.82) is 0 Å². The van der Waals surface area contributed by atoms with E-state index >= 15 is 0 Å². The number of hydrogen-bond acceptors (Lipinski definition) is 3. The molecule has 0 saturated carbocycles. The summed E-state index contributed by atoms with van der Waals surface area (Å²) in [5.74, 6) is 0. The van der Waals surface area contributed by atoms with E-state index in [1.54, 1.807) is 6.08 Å². The summed E-state index contributed by atoms with van der Waals surface area (Å²) in [7, 11) is 0. The summed E-state index contributed by atoms with van der Waals surface area (Å²) in [6.07, 6.45) is 2.66. The molecule has 0 fully saturated rings. The molecule has 50 heavy (non-hydrogen) atoms. The third-order valence-corrected chi connectivity index (χ3v) is 8.88. The first-order valence-corrected chi connectivity index (χ1v) is 17.1. The number of para-hydroxylation sites is 3. The Kier molecular flexibility index (Phi) is 9.35. The van der Waals surface area contributed by atoms with Gasteiger partial charge in [-0.05, 0) is 92.6 Å². The monoisotopic (exact) mass is 648 g/mol. The van der Waals surface area contributed by atoms with Gasteiger partial charge in [0.15, 0.2) is 0 Å². The molecule has 244 valence electrons. The van der Waals surface area contributed by atoms with Crippen LogP contribution in [0.15, 0.2) is 170 Å². The number of allylic oxidation sites excluding steroid dienone is 1. The third kappa shape index (κ3) is 6.31. The Balaban J connectivity index is 0.00000126. The minimum Gasteiger partial charge on any atom is -0.314 e. The van der Waals surface area contributed by atoms with Gasteiger partial charge in [0.1, 0.15) is 0 Å². The zero-order valence-corrected chi connectivity index (χ0v) is 28.8. The van der Waals surface area contributed by atoms with Crippen molar-refractivity contribution in [3.05, 3.63) is 182 Å². The van der Waals surface area contributed by atoms with Crippen LogP contribution in [0.1, 0.15) is 25.1 Å². The Morgan fingerprint density at radius 2 is 1.18 bits per heavy atom. The lowest BCUT2D eigenvalue weighted by atomic mass is 10.0. The van der Waals surface area contributed by atoms with Crippen molar-refractivity contribution in [1.82, 2.24) is 14.5 Å². The largest absolute Gasteiger partial charge is 0.314 e. The molecule has 0 aliphatic carbocycles. The standard InChI is InChI=1S/C43H34N4.C3H6/c1-3-31-16-12-19-39-41(31)45-43(32-13-6-4-7-14-32)42(44-39)33-21-23-37(24-22-33)47(35-17-8-5-9-18-35)38-27-25-36(26-28-38)46-30(2)29-34-15-10-11-20-40(34)46;1-3-2/h4-29H,3H2,1-2H3;3H,1H2,2H3. The van der Waals surface area contributed by atoms with Crippen LogP contribution in [0.3, 0.4) is 0 Å². The van der Waals surface area contributed by atoms with Crippen molar-refractivity contribution in [3.8, 4) is 28.2 Å². The van der Waals surface area contributed by atoms with Crippen molar-refractivity contribution >= 4 is 39.0 Å². The fourth-order valence-corrected chi connectivity index (χ4v) is 6.60. The van der Waals surface area contributed by atoms with Gasteiger partial charge in [-0.25, -0.2) is 9.97 Å². The molecule has 0 radical (unpaired) electrons. The molecule has 8 aromatic rings. The van der Waals surface area contributed by atoms with Gasteiger partial charge in [0.2, 0.25) is 0 Å². The highest BCUT2D eigenvalue weighted by molar-refractivity contribution is 5.89. The molecule has 0 amide bonds. The molecule has 2 heterocycles.